The summed E-state index contributed by atoms with van der Waals surface area (Å²) in [5, 5.41) is 1.14. The molecule has 1 aromatic rings. The second-order valence-corrected chi connectivity index (χ2v) is 3.49. The van der Waals surface area contributed by atoms with Gasteiger partial charge in [0.05, 0.1) is 0 Å². The van der Waals surface area contributed by atoms with E-state index >= 15 is 0 Å². The highest BCUT2D eigenvalue weighted by atomic mass is 35.5. The summed E-state index contributed by atoms with van der Waals surface area (Å²) >= 11 is 5.66. The van der Waals surface area contributed by atoms with Gasteiger partial charge in [-0.15, -0.1) is 11.6 Å². The van der Waals surface area contributed by atoms with Crippen molar-refractivity contribution in [2.24, 2.45) is 0 Å². The van der Waals surface area contributed by atoms with Gasteiger partial charge in [0.1, 0.15) is 5.38 Å². The van der Waals surface area contributed by atoms with Crippen molar-refractivity contribution in [3.8, 4) is 0 Å². The summed E-state index contributed by atoms with van der Waals surface area (Å²) in [6, 6.07) is 1.40. The highest BCUT2D eigenvalue weighted by Crippen LogP contribution is 2.24. The molecule has 88 valence electrons. The van der Waals surface area contributed by atoms with Gasteiger partial charge in [-0.25, -0.2) is 13.2 Å². The maximum atomic E-state index is 12.8. The fourth-order valence-electron chi connectivity index (χ4n) is 1.14. The van der Waals surface area contributed by atoms with E-state index in [1.807, 2.05) is 0 Å². The van der Waals surface area contributed by atoms with E-state index in [9.17, 15) is 18.0 Å². The summed E-state index contributed by atoms with van der Waals surface area (Å²) in [6.07, 6.45) is 0. The van der Waals surface area contributed by atoms with E-state index in [1.165, 1.54) is 0 Å². The number of benzene rings is 1. The third-order valence-corrected chi connectivity index (χ3v) is 2.33. The molecule has 0 bridgehead atoms. The van der Waals surface area contributed by atoms with E-state index in [0.29, 0.717) is 18.7 Å². The normalized spacial score (nSPS) is 12.3. The van der Waals surface area contributed by atoms with Crippen LogP contribution in [0.5, 0.6) is 0 Å². The third-order valence-electron chi connectivity index (χ3n) is 1.88. The van der Waals surface area contributed by atoms with Crippen LogP contribution in [0, 0.1) is 17.5 Å². The lowest BCUT2D eigenvalue weighted by atomic mass is 10.1. The van der Waals surface area contributed by atoms with Gasteiger partial charge in [0.25, 0.3) is 0 Å². The van der Waals surface area contributed by atoms with Crippen molar-refractivity contribution in [2.75, 3.05) is 6.54 Å². The molecule has 0 radical (unpaired) electrons. The predicted molar refractivity (Wildman–Crippen MR) is 53.6 cm³/mol. The first-order valence-corrected chi connectivity index (χ1v) is 4.97. The van der Waals surface area contributed by atoms with Crippen molar-refractivity contribution in [2.45, 2.75) is 12.3 Å². The van der Waals surface area contributed by atoms with Crippen molar-refractivity contribution in [1.29, 1.82) is 0 Å². The van der Waals surface area contributed by atoms with Crippen molar-refractivity contribution >= 4 is 17.5 Å². The van der Waals surface area contributed by atoms with Gasteiger partial charge in [0, 0.05) is 6.54 Å². The van der Waals surface area contributed by atoms with Crippen molar-refractivity contribution in [3.05, 3.63) is 35.1 Å². The summed E-state index contributed by atoms with van der Waals surface area (Å²) < 4.78 is 38.3. The maximum Gasteiger partial charge on any atom is 0.242 e. The van der Waals surface area contributed by atoms with E-state index in [1.54, 1.807) is 6.92 Å². The van der Waals surface area contributed by atoms with E-state index in [4.69, 9.17) is 11.6 Å². The molecule has 1 amide bonds. The number of rotatable bonds is 3. The minimum absolute atomic E-state index is 0.121. The average molecular weight is 252 g/mol. The summed E-state index contributed by atoms with van der Waals surface area (Å²) in [5.41, 5.74) is -0.121. The minimum atomic E-state index is -1.58. The number of likely N-dealkylation sites (N-methyl/N-ethyl adjacent to an activating group) is 1. The Morgan fingerprint density at radius 3 is 2.31 bits per heavy atom. The van der Waals surface area contributed by atoms with Gasteiger partial charge in [-0.3, -0.25) is 4.79 Å². The van der Waals surface area contributed by atoms with Gasteiger partial charge in [-0.1, -0.05) is 0 Å². The van der Waals surface area contributed by atoms with E-state index in [2.05, 4.69) is 5.32 Å². The van der Waals surface area contributed by atoms with Crippen LogP contribution in [0.2, 0.25) is 0 Å². The fourth-order valence-corrected chi connectivity index (χ4v) is 1.34. The summed E-state index contributed by atoms with van der Waals surface area (Å²) in [4.78, 5) is 11.3. The molecule has 0 fully saturated rings. The zero-order chi connectivity index (χ0) is 12.3. The highest BCUT2D eigenvalue weighted by Gasteiger charge is 2.20. The number of halogens is 4. The maximum absolute atomic E-state index is 12.8. The minimum Gasteiger partial charge on any atom is -0.355 e. The molecule has 1 atom stereocenters. The number of hydrogen-bond donors (Lipinski definition) is 1. The second-order valence-electron chi connectivity index (χ2n) is 3.06. The van der Waals surface area contributed by atoms with Gasteiger partial charge in [0.15, 0.2) is 17.5 Å². The first-order chi connectivity index (χ1) is 7.47. The van der Waals surface area contributed by atoms with Crippen LogP contribution in [0.3, 0.4) is 0 Å². The predicted octanol–water partition coefficient (Wildman–Crippen LogP) is 2.52. The zero-order valence-corrected chi connectivity index (χ0v) is 9.12. The third kappa shape index (κ3) is 2.66. The molecule has 1 aromatic carbocycles. The Morgan fingerprint density at radius 2 is 1.88 bits per heavy atom. The van der Waals surface area contributed by atoms with Gasteiger partial charge < -0.3 is 5.32 Å². The van der Waals surface area contributed by atoms with Crippen LogP contribution in [-0.2, 0) is 4.79 Å². The van der Waals surface area contributed by atoms with E-state index < -0.39 is 28.7 Å². The smallest absolute Gasteiger partial charge is 0.242 e. The molecule has 0 aliphatic heterocycles. The van der Waals surface area contributed by atoms with Crippen LogP contribution in [0.1, 0.15) is 17.9 Å². The van der Waals surface area contributed by atoms with Crippen molar-refractivity contribution < 1.29 is 18.0 Å². The van der Waals surface area contributed by atoms with Gasteiger partial charge >= 0.3 is 0 Å². The lowest BCUT2D eigenvalue weighted by molar-refractivity contribution is -0.120. The fraction of sp³-hybridized carbons (Fsp3) is 0.300. The Bertz CT molecular complexity index is 388. The monoisotopic (exact) mass is 251 g/mol. The van der Waals surface area contributed by atoms with Gasteiger partial charge in [0.2, 0.25) is 5.91 Å². The first-order valence-electron chi connectivity index (χ1n) is 4.53. The quantitative estimate of drug-likeness (QED) is 0.649. The molecule has 0 aliphatic rings. The molecule has 1 rings (SSSR count). The van der Waals surface area contributed by atoms with E-state index in [-0.39, 0.29) is 5.56 Å². The Balaban J connectivity index is 3.01. The van der Waals surface area contributed by atoms with Gasteiger partial charge in [-0.2, -0.15) is 0 Å². The molecule has 0 saturated carbocycles. The Morgan fingerprint density at radius 1 is 1.38 bits per heavy atom. The summed E-state index contributed by atoms with van der Waals surface area (Å²) in [6.45, 7) is 2.02. The number of carbonyl (C=O) groups excluding carboxylic acids is 1. The molecule has 0 saturated heterocycles. The molecule has 0 spiro atoms. The molecule has 0 heterocycles. The number of carbonyl (C=O) groups is 1. The first kappa shape index (κ1) is 12.8. The molecule has 0 aromatic heterocycles. The SMILES string of the molecule is CCNC(=O)C(Cl)c1cc(F)c(F)c(F)c1. The van der Waals surface area contributed by atoms with Crippen molar-refractivity contribution in [1.82, 2.24) is 5.32 Å². The van der Waals surface area contributed by atoms with Crippen molar-refractivity contribution in [3.63, 3.8) is 0 Å². The number of nitrogens with one attached hydrogen (secondary N) is 1. The van der Waals surface area contributed by atoms with Gasteiger partial charge in [-0.05, 0) is 24.6 Å². The average Bonchev–Trinajstić information content (AvgIpc) is 2.24. The lowest BCUT2D eigenvalue weighted by Gasteiger charge is -2.10. The molecule has 6 heteroatoms. The standard InChI is InChI=1S/C10H9ClF3NO/c1-2-15-10(16)8(11)5-3-6(12)9(14)7(13)4-5/h3-4,8H,2H2,1H3,(H,15,16). The molecule has 1 unspecified atom stereocenters. The second kappa shape index (κ2) is 5.21. The largest absolute Gasteiger partial charge is 0.355 e. The zero-order valence-electron chi connectivity index (χ0n) is 8.36. The summed E-state index contributed by atoms with van der Waals surface area (Å²) in [7, 11) is 0. The van der Waals surface area contributed by atoms with E-state index in [0.717, 1.165) is 0 Å². The number of amides is 1. The topological polar surface area (TPSA) is 29.1 Å². The molecule has 16 heavy (non-hydrogen) atoms. The summed E-state index contributed by atoms with van der Waals surface area (Å²) in [5.74, 6) is -4.91. The molecule has 0 aliphatic carbocycles. The number of hydrogen-bond acceptors (Lipinski definition) is 1. The highest BCUT2D eigenvalue weighted by molar-refractivity contribution is 6.30. The Hall–Kier alpha value is -1.23. The van der Waals surface area contributed by atoms with Crippen LogP contribution < -0.4 is 5.32 Å². The molecular formula is C10H9ClF3NO. The Kier molecular flexibility index (Phi) is 4.18. The van der Waals surface area contributed by atoms with Crippen LogP contribution in [0.15, 0.2) is 12.1 Å². The number of alkyl halides is 1. The van der Waals surface area contributed by atoms with Crippen LogP contribution in [-0.4, -0.2) is 12.5 Å². The molecule has 2 nitrogen and oxygen atoms in total. The van der Waals surface area contributed by atoms with Crippen LogP contribution >= 0.6 is 11.6 Å². The van der Waals surface area contributed by atoms with Crippen LogP contribution in [0.25, 0.3) is 0 Å². The molecular weight excluding hydrogens is 243 g/mol. The lowest BCUT2D eigenvalue weighted by Crippen LogP contribution is -2.26. The Labute approximate surface area is 95.4 Å². The molecule has 1 N–H and O–H groups in total. The van der Waals surface area contributed by atoms with Crippen LogP contribution in [0.4, 0.5) is 13.2 Å².